The molecule has 0 unspecified atom stereocenters. The minimum absolute atomic E-state index is 0.142. The Balaban J connectivity index is 1.54. The molecule has 0 spiro atoms. The van der Waals surface area contributed by atoms with Crippen molar-refractivity contribution in [2.24, 2.45) is 0 Å². The zero-order valence-corrected chi connectivity index (χ0v) is 16.1. The maximum absolute atomic E-state index is 14.0. The van der Waals surface area contributed by atoms with Crippen molar-refractivity contribution in [3.8, 4) is 17.5 Å². The standard InChI is InChI=1S/C20H17FN4O3S/c21-16-8-4-5-9-18(16)29(26,27)25-12-10-24(11-13-25)20-17(14-22)23-19(28-20)15-6-2-1-3-7-15/h1-9H,10-13H2. The van der Waals surface area contributed by atoms with E-state index >= 15 is 0 Å². The Hall–Kier alpha value is -3.22. The first-order valence-electron chi connectivity index (χ1n) is 8.96. The second-order valence-electron chi connectivity index (χ2n) is 6.47. The van der Waals surface area contributed by atoms with Gasteiger partial charge in [-0.3, -0.25) is 0 Å². The Labute approximate surface area is 167 Å². The number of nitrogens with zero attached hydrogens (tertiary/aromatic N) is 4. The van der Waals surface area contributed by atoms with Gasteiger partial charge in [-0.1, -0.05) is 30.3 Å². The van der Waals surface area contributed by atoms with Gasteiger partial charge in [0, 0.05) is 31.7 Å². The molecule has 2 heterocycles. The van der Waals surface area contributed by atoms with E-state index in [0.717, 1.165) is 11.6 Å². The van der Waals surface area contributed by atoms with Crippen LogP contribution in [0.25, 0.3) is 11.5 Å². The molecule has 1 saturated heterocycles. The van der Waals surface area contributed by atoms with Crippen LogP contribution in [0, 0.1) is 17.1 Å². The van der Waals surface area contributed by atoms with Crippen molar-refractivity contribution >= 4 is 15.9 Å². The molecule has 148 valence electrons. The first-order chi connectivity index (χ1) is 14.0. The molecule has 0 aliphatic carbocycles. The summed E-state index contributed by atoms with van der Waals surface area (Å²) in [6.07, 6.45) is 0. The monoisotopic (exact) mass is 412 g/mol. The van der Waals surface area contributed by atoms with Crippen LogP contribution in [0.4, 0.5) is 10.3 Å². The minimum atomic E-state index is -3.93. The number of hydrogen-bond acceptors (Lipinski definition) is 6. The zero-order valence-electron chi connectivity index (χ0n) is 15.3. The van der Waals surface area contributed by atoms with E-state index in [1.807, 2.05) is 36.4 Å². The molecule has 0 radical (unpaired) electrons. The molecule has 29 heavy (non-hydrogen) atoms. The third-order valence-electron chi connectivity index (χ3n) is 4.72. The lowest BCUT2D eigenvalue weighted by atomic mass is 10.2. The lowest BCUT2D eigenvalue weighted by Gasteiger charge is -2.33. The highest BCUT2D eigenvalue weighted by Gasteiger charge is 2.32. The average Bonchev–Trinajstić information content (AvgIpc) is 3.19. The predicted molar refractivity (Wildman–Crippen MR) is 104 cm³/mol. The summed E-state index contributed by atoms with van der Waals surface area (Å²) in [5, 5.41) is 9.42. The van der Waals surface area contributed by atoms with Gasteiger partial charge < -0.3 is 9.32 Å². The normalized spacial score (nSPS) is 15.2. The van der Waals surface area contributed by atoms with Crippen molar-refractivity contribution in [3.05, 3.63) is 66.1 Å². The maximum atomic E-state index is 14.0. The Morgan fingerprint density at radius 1 is 1.00 bits per heavy atom. The third-order valence-corrected chi connectivity index (χ3v) is 6.65. The van der Waals surface area contributed by atoms with Crippen LogP contribution >= 0.6 is 0 Å². The van der Waals surface area contributed by atoms with Crippen molar-refractivity contribution in [2.45, 2.75) is 4.90 Å². The van der Waals surface area contributed by atoms with Crippen LogP contribution < -0.4 is 4.90 Å². The van der Waals surface area contributed by atoms with Gasteiger partial charge in [-0.25, -0.2) is 12.8 Å². The highest BCUT2D eigenvalue weighted by atomic mass is 32.2. The van der Waals surface area contributed by atoms with Crippen molar-refractivity contribution in [1.29, 1.82) is 5.26 Å². The molecule has 1 aromatic heterocycles. The predicted octanol–water partition coefficient (Wildman–Crippen LogP) is 2.86. The fraction of sp³-hybridized carbons (Fsp3) is 0.200. The minimum Gasteiger partial charge on any atom is -0.419 e. The molecule has 3 aromatic rings. The molecule has 9 heteroatoms. The van der Waals surface area contributed by atoms with Gasteiger partial charge in [0.1, 0.15) is 16.8 Å². The maximum Gasteiger partial charge on any atom is 0.246 e. The highest BCUT2D eigenvalue weighted by Crippen LogP contribution is 2.29. The molecule has 0 amide bonds. The van der Waals surface area contributed by atoms with Crippen LogP contribution in [-0.4, -0.2) is 43.9 Å². The topological polar surface area (TPSA) is 90.4 Å². The Kier molecular flexibility index (Phi) is 5.05. The Morgan fingerprint density at radius 2 is 1.66 bits per heavy atom. The number of halogens is 1. The van der Waals surface area contributed by atoms with E-state index < -0.39 is 15.8 Å². The molecule has 1 fully saturated rings. The van der Waals surface area contributed by atoms with E-state index in [1.165, 1.54) is 22.5 Å². The molecular weight excluding hydrogens is 395 g/mol. The summed E-state index contributed by atoms with van der Waals surface area (Å²) in [4.78, 5) is 5.70. The summed E-state index contributed by atoms with van der Waals surface area (Å²) in [5.41, 5.74) is 0.894. The fourth-order valence-electron chi connectivity index (χ4n) is 3.23. The van der Waals surface area contributed by atoms with Crippen molar-refractivity contribution in [1.82, 2.24) is 9.29 Å². The van der Waals surface area contributed by atoms with Gasteiger partial charge in [-0.05, 0) is 24.3 Å². The summed E-state index contributed by atoms with van der Waals surface area (Å²) in [5.74, 6) is -0.128. The number of anilines is 1. The molecule has 1 aliphatic rings. The van der Waals surface area contributed by atoms with Crippen LogP contribution in [0.1, 0.15) is 5.69 Å². The number of aromatic nitrogens is 1. The number of nitriles is 1. The van der Waals surface area contributed by atoms with Gasteiger partial charge in [0.2, 0.25) is 27.5 Å². The van der Waals surface area contributed by atoms with Crippen LogP contribution in [0.5, 0.6) is 0 Å². The summed E-state index contributed by atoms with van der Waals surface area (Å²) in [6.45, 7) is 0.878. The van der Waals surface area contributed by atoms with Gasteiger partial charge in [-0.15, -0.1) is 0 Å². The van der Waals surface area contributed by atoms with E-state index in [9.17, 15) is 18.1 Å². The average molecular weight is 412 g/mol. The largest absolute Gasteiger partial charge is 0.419 e. The number of benzene rings is 2. The number of rotatable bonds is 4. The van der Waals surface area contributed by atoms with E-state index in [-0.39, 0.29) is 23.7 Å². The highest BCUT2D eigenvalue weighted by molar-refractivity contribution is 7.89. The SMILES string of the molecule is N#Cc1nc(-c2ccccc2)oc1N1CCN(S(=O)(=O)c2ccccc2F)CC1. The van der Waals surface area contributed by atoms with Crippen molar-refractivity contribution < 1.29 is 17.2 Å². The first-order valence-corrected chi connectivity index (χ1v) is 10.4. The van der Waals surface area contributed by atoms with Gasteiger partial charge in [0.25, 0.3) is 0 Å². The first kappa shape index (κ1) is 19.1. The number of hydrogen-bond donors (Lipinski definition) is 0. The van der Waals surface area contributed by atoms with Crippen molar-refractivity contribution in [2.75, 3.05) is 31.1 Å². The van der Waals surface area contributed by atoms with Gasteiger partial charge >= 0.3 is 0 Å². The number of sulfonamides is 1. The fourth-order valence-corrected chi connectivity index (χ4v) is 4.72. The Bertz CT molecular complexity index is 1160. The zero-order chi connectivity index (χ0) is 20.4. The summed E-state index contributed by atoms with van der Waals surface area (Å²) < 4.78 is 46.5. The number of piperazine rings is 1. The molecule has 1 aliphatic heterocycles. The molecule has 0 atom stereocenters. The van der Waals surface area contributed by atoms with E-state index in [1.54, 1.807) is 4.90 Å². The summed E-state index contributed by atoms with van der Waals surface area (Å²) >= 11 is 0. The molecule has 0 saturated carbocycles. The lowest BCUT2D eigenvalue weighted by Crippen LogP contribution is -2.48. The second-order valence-corrected chi connectivity index (χ2v) is 8.38. The Morgan fingerprint density at radius 3 is 2.31 bits per heavy atom. The van der Waals surface area contributed by atoms with Gasteiger partial charge in [0.15, 0.2) is 0 Å². The van der Waals surface area contributed by atoms with Crippen LogP contribution in [0.3, 0.4) is 0 Å². The van der Waals surface area contributed by atoms with E-state index in [0.29, 0.717) is 24.9 Å². The van der Waals surface area contributed by atoms with Crippen LogP contribution in [0.15, 0.2) is 63.9 Å². The molecule has 0 N–H and O–H groups in total. The number of oxazole rings is 1. The quantitative estimate of drug-likeness (QED) is 0.655. The van der Waals surface area contributed by atoms with Gasteiger partial charge in [-0.2, -0.15) is 14.6 Å². The van der Waals surface area contributed by atoms with E-state index in [4.69, 9.17) is 4.42 Å². The molecular formula is C20H17FN4O3S. The van der Waals surface area contributed by atoms with Crippen molar-refractivity contribution in [3.63, 3.8) is 0 Å². The summed E-state index contributed by atoms with van der Waals surface area (Å²) in [7, 11) is -3.93. The third kappa shape index (κ3) is 3.60. The summed E-state index contributed by atoms with van der Waals surface area (Å²) in [6, 6.07) is 16.6. The van der Waals surface area contributed by atoms with E-state index in [2.05, 4.69) is 4.98 Å². The van der Waals surface area contributed by atoms with Gasteiger partial charge in [0.05, 0.1) is 0 Å². The molecule has 0 bridgehead atoms. The molecule has 7 nitrogen and oxygen atoms in total. The van der Waals surface area contributed by atoms with Crippen LogP contribution in [0.2, 0.25) is 0 Å². The molecule has 4 rings (SSSR count). The lowest BCUT2D eigenvalue weighted by molar-refractivity contribution is 0.372. The smallest absolute Gasteiger partial charge is 0.246 e. The molecule has 2 aromatic carbocycles. The van der Waals surface area contributed by atoms with Crippen LogP contribution in [-0.2, 0) is 10.0 Å². The second kappa shape index (κ2) is 7.66.